The second-order valence-corrected chi connectivity index (χ2v) is 14.4. The van der Waals surface area contributed by atoms with Gasteiger partial charge in [-0.05, 0) is 47.0 Å². The molecule has 11 aromatic rings. The van der Waals surface area contributed by atoms with Crippen LogP contribution in [0.5, 0.6) is 0 Å². The lowest BCUT2D eigenvalue weighted by Gasteiger charge is -2.17. The Morgan fingerprint density at radius 3 is 1.66 bits per heavy atom. The minimum Gasteiger partial charge on any atom is -0.455 e. The van der Waals surface area contributed by atoms with Crippen molar-refractivity contribution in [3.05, 3.63) is 200 Å². The number of hydrogen-bond donors (Lipinski definition) is 0. The van der Waals surface area contributed by atoms with Crippen molar-refractivity contribution in [2.75, 3.05) is 0 Å². The van der Waals surface area contributed by atoms with Gasteiger partial charge in [-0.2, -0.15) is 5.26 Å². The van der Waals surface area contributed by atoms with Gasteiger partial charge < -0.3 is 8.98 Å². The number of hydrogen-bond acceptors (Lipinski definition) is 4. The average molecular weight is 741 g/mol. The van der Waals surface area contributed by atoms with Gasteiger partial charge in [-0.1, -0.05) is 164 Å². The van der Waals surface area contributed by atoms with E-state index in [4.69, 9.17) is 14.4 Å². The minimum absolute atomic E-state index is 0.431. The van der Waals surface area contributed by atoms with Gasteiger partial charge in [0.15, 0.2) is 5.82 Å². The number of rotatable bonds is 6. The molecule has 11 rings (SSSR count). The SMILES string of the molecule is N#Cc1c(-c2ccccc2)nc(-c2cc(-c3ccccc3)ccc2-n2c3ccccc3c3c4oc5c(-c6ccccc6)cccc5c4ccc32)nc1-c1ccccc1. The van der Waals surface area contributed by atoms with E-state index in [-0.39, 0.29) is 0 Å². The summed E-state index contributed by atoms with van der Waals surface area (Å²) in [6.07, 6.45) is 0. The van der Waals surface area contributed by atoms with Gasteiger partial charge in [0.05, 0.1) is 33.5 Å². The van der Waals surface area contributed by atoms with Crippen LogP contribution >= 0.6 is 0 Å². The molecule has 5 heteroatoms. The smallest absolute Gasteiger partial charge is 0.162 e. The van der Waals surface area contributed by atoms with E-state index in [9.17, 15) is 5.26 Å². The zero-order valence-electron chi connectivity index (χ0n) is 31.2. The van der Waals surface area contributed by atoms with Crippen molar-refractivity contribution in [3.63, 3.8) is 0 Å². The molecule has 0 bridgehead atoms. The molecule has 5 nitrogen and oxygen atoms in total. The molecule has 0 N–H and O–H groups in total. The maximum Gasteiger partial charge on any atom is 0.162 e. The Morgan fingerprint density at radius 2 is 1.00 bits per heavy atom. The Kier molecular flexibility index (Phi) is 7.80. The van der Waals surface area contributed by atoms with Gasteiger partial charge in [-0.25, -0.2) is 9.97 Å². The first-order valence-corrected chi connectivity index (χ1v) is 19.3. The fraction of sp³-hybridized carbons (Fsp3) is 0. The maximum atomic E-state index is 10.7. The van der Waals surface area contributed by atoms with E-state index in [1.807, 2.05) is 72.8 Å². The first-order chi connectivity index (χ1) is 28.7. The summed E-state index contributed by atoms with van der Waals surface area (Å²) in [5.74, 6) is 0.521. The number of para-hydroxylation sites is 2. The van der Waals surface area contributed by atoms with Gasteiger partial charge in [0, 0.05) is 38.4 Å². The predicted octanol–water partition coefficient (Wildman–Crippen LogP) is 13.7. The van der Waals surface area contributed by atoms with Crippen LogP contribution in [0, 0.1) is 11.3 Å². The van der Waals surface area contributed by atoms with Gasteiger partial charge in [-0.15, -0.1) is 0 Å². The summed E-state index contributed by atoms with van der Waals surface area (Å²) in [5.41, 5.74) is 13.1. The van der Waals surface area contributed by atoms with E-state index in [1.165, 1.54) is 0 Å². The molecule has 0 unspecified atom stereocenters. The van der Waals surface area contributed by atoms with E-state index in [0.29, 0.717) is 22.8 Å². The number of nitrogens with zero attached hydrogens (tertiary/aromatic N) is 4. The van der Waals surface area contributed by atoms with E-state index in [2.05, 4.69) is 132 Å². The quantitative estimate of drug-likeness (QED) is 0.170. The lowest BCUT2D eigenvalue weighted by atomic mass is 9.98. The van der Waals surface area contributed by atoms with Gasteiger partial charge in [0.1, 0.15) is 22.8 Å². The van der Waals surface area contributed by atoms with Crippen LogP contribution in [0.2, 0.25) is 0 Å². The summed E-state index contributed by atoms with van der Waals surface area (Å²) in [5, 5.41) is 15.0. The number of furan rings is 1. The fourth-order valence-electron chi connectivity index (χ4n) is 8.43. The monoisotopic (exact) mass is 740 g/mol. The predicted molar refractivity (Wildman–Crippen MR) is 236 cm³/mol. The number of benzene rings is 8. The van der Waals surface area contributed by atoms with Crippen molar-refractivity contribution in [2.24, 2.45) is 0 Å². The lowest BCUT2D eigenvalue weighted by molar-refractivity contribution is 0.674. The topological polar surface area (TPSA) is 67.6 Å². The van der Waals surface area contributed by atoms with Crippen LogP contribution in [0.3, 0.4) is 0 Å². The van der Waals surface area contributed by atoms with Gasteiger partial charge >= 0.3 is 0 Å². The fourth-order valence-corrected chi connectivity index (χ4v) is 8.43. The molecule has 0 radical (unpaired) electrons. The largest absolute Gasteiger partial charge is 0.455 e. The number of aromatic nitrogens is 3. The van der Waals surface area contributed by atoms with Crippen molar-refractivity contribution in [2.45, 2.75) is 0 Å². The average Bonchev–Trinajstić information content (AvgIpc) is 3.85. The van der Waals surface area contributed by atoms with Crippen LogP contribution < -0.4 is 0 Å². The van der Waals surface area contributed by atoms with Gasteiger partial charge in [-0.3, -0.25) is 0 Å². The molecule has 0 atom stereocenters. The molecule has 0 aliphatic carbocycles. The third kappa shape index (κ3) is 5.31. The van der Waals surface area contributed by atoms with Crippen molar-refractivity contribution in [1.82, 2.24) is 14.5 Å². The van der Waals surface area contributed by atoms with Crippen LogP contribution in [0.15, 0.2) is 199 Å². The summed E-state index contributed by atoms with van der Waals surface area (Å²) < 4.78 is 9.30. The molecule has 8 aromatic carbocycles. The van der Waals surface area contributed by atoms with Gasteiger partial charge in [0.25, 0.3) is 0 Å². The highest BCUT2D eigenvalue weighted by molar-refractivity contribution is 6.25. The van der Waals surface area contributed by atoms with Crippen LogP contribution in [-0.2, 0) is 0 Å². The highest BCUT2D eigenvalue weighted by atomic mass is 16.3. The molecule has 0 aliphatic heterocycles. The van der Waals surface area contributed by atoms with Crippen molar-refractivity contribution < 1.29 is 4.42 Å². The van der Waals surface area contributed by atoms with Crippen LogP contribution in [0.4, 0.5) is 0 Å². The van der Waals surface area contributed by atoms with E-state index < -0.39 is 0 Å². The van der Waals surface area contributed by atoms with Crippen LogP contribution in [0.1, 0.15) is 5.56 Å². The van der Waals surface area contributed by atoms with E-state index in [0.717, 1.165) is 88.4 Å². The second-order valence-electron chi connectivity index (χ2n) is 14.4. The summed E-state index contributed by atoms with van der Waals surface area (Å²) in [6, 6.07) is 68.9. The maximum absolute atomic E-state index is 10.7. The third-order valence-corrected chi connectivity index (χ3v) is 11.1. The van der Waals surface area contributed by atoms with Crippen molar-refractivity contribution >= 4 is 43.7 Å². The van der Waals surface area contributed by atoms with Gasteiger partial charge in [0.2, 0.25) is 0 Å². The molecule has 0 saturated carbocycles. The molecular weight excluding hydrogens is 709 g/mol. The Balaban J connectivity index is 1.23. The summed E-state index contributed by atoms with van der Waals surface area (Å²) in [6.45, 7) is 0. The Labute approximate surface area is 334 Å². The van der Waals surface area contributed by atoms with E-state index in [1.54, 1.807) is 0 Å². The Hall–Kier alpha value is -8.07. The molecule has 3 aromatic heterocycles. The summed E-state index contributed by atoms with van der Waals surface area (Å²) in [4.78, 5) is 10.6. The molecule has 0 spiro atoms. The van der Waals surface area contributed by atoms with Crippen molar-refractivity contribution in [1.29, 1.82) is 5.26 Å². The second kappa shape index (κ2) is 13.6. The minimum atomic E-state index is 0.431. The lowest BCUT2D eigenvalue weighted by Crippen LogP contribution is -2.04. The molecule has 0 fully saturated rings. The highest BCUT2D eigenvalue weighted by Crippen LogP contribution is 2.44. The molecule has 0 aliphatic rings. The molecule has 58 heavy (non-hydrogen) atoms. The third-order valence-electron chi connectivity index (χ3n) is 11.1. The first-order valence-electron chi connectivity index (χ1n) is 19.3. The molecule has 0 saturated heterocycles. The zero-order chi connectivity index (χ0) is 38.6. The first kappa shape index (κ1) is 33.3. The van der Waals surface area contributed by atoms with Crippen LogP contribution in [0.25, 0.3) is 106 Å². The Morgan fingerprint density at radius 1 is 0.431 bits per heavy atom. The van der Waals surface area contributed by atoms with Crippen LogP contribution in [-0.4, -0.2) is 14.5 Å². The zero-order valence-corrected chi connectivity index (χ0v) is 31.2. The Bertz CT molecular complexity index is 3320. The number of fused-ring (bicyclic) bond motifs is 7. The summed E-state index contributed by atoms with van der Waals surface area (Å²) in [7, 11) is 0. The van der Waals surface area contributed by atoms with E-state index >= 15 is 0 Å². The van der Waals surface area contributed by atoms with Crippen molar-refractivity contribution in [3.8, 4) is 67.9 Å². The standard InChI is InChI=1S/C53H32N4O/c54-33-44-49(36-20-9-3-10-21-36)55-53(56-50(44)37-22-11-4-12-23-37)43-32-38(34-16-5-1-6-17-34)28-30-46(43)57-45-27-14-13-24-42(45)48-47(57)31-29-41-40-26-15-25-39(51(40)58-52(41)48)35-18-7-2-8-19-35/h1-32H. The molecule has 270 valence electrons. The molecule has 0 amide bonds. The highest BCUT2D eigenvalue weighted by Gasteiger charge is 2.24. The molecule has 3 heterocycles. The normalized spacial score (nSPS) is 11.4. The number of nitriles is 1. The molecular formula is C53H32N4O. The summed E-state index contributed by atoms with van der Waals surface area (Å²) >= 11 is 0.